The molecule has 102 valence electrons. The molecule has 0 saturated carbocycles. The fourth-order valence-electron chi connectivity index (χ4n) is 1.42. The summed E-state index contributed by atoms with van der Waals surface area (Å²) in [5.41, 5.74) is 5.58. The maximum Gasteiger partial charge on any atom is 0.211 e. The molecule has 4 nitrogen and oxygen atoms in total. The molecule has 2 aromatic rings. The Balaban J connectivity index is 2.18. The van der Waals surface area contributed by atoms with E-state index in [1.54, 1.807) is 24.2 Å². The first-order chi connectivity index (χ1) is 8.90. The van der Waals surface area contributed by atoms with E-state index in [1.807, 2.05) is 6.08 Å². The largest absolute Gasteiger partial charge is 0.444 e. The van der Waals surface area contributed by atoms with Crippen LogP contribution in [0.1, 0.15) is 37.7 Å². The highest BCUT2D eigenvalue weighted by molar-refractivity contribution is 8.01. The van der Waals surface area contributed by atoms with Gasteiger partial charge in [0, 0.05) is 5.41 Å². The van der Waals surface area contributed by atoms with Gasteiger partial charge in [-0.3, -0.25) is 0 Å². The maximum atomic E-state index is 5.83. The highest BCUT2D eigenvalue weighted by Crippen LogP contribution is 2.39. The highest BCUT2D eigenvalue weighted by atomic mass is 32.2. The van der Waals surface area contributed by atoms with Crippen LogP contribution in [-0.4, -0.2) is 9.97 Å². The molecule has 0 bridgehead atoms. The molecule has 0 spiro atoms. The molecule has 6 heteroatoms. The first-order valence-corrected chi connectivity index (χ1v) is 7.56. The summed E-state index contributed by atoms with van der Waals surface area (Å²) >= 11 is 3.04. The van der Waals surface area contributed by atoms with Crippen LogP contribution in [0.4, 0.5) is 5.13 Å². The molecule has 0 saturated heterocycles. The number of thiazole rings is 1. The molecule has 0 aliphatic rings. The zero-order valence-corrected chi connectivity index (χ0v) is 12.8. The van der Waals surface area contributed by atoms with Gasteiger partial charge in [0.2, 0.25) is 5.89 Å². The average Bonchev–Trinajstić information content (AvgIpc) is 2.94. The van der Waals surface area contributed by atoms with Crippen LogP contribution in [0.3, 0.4) is 0 Å². The Labute approximate surface area is 121 Å². The fraction of sp³-hybridized carbons (Fsp3) is 0.385. The van der Waals surface area contributed by atoms with Gasteiger partial charge in [-0.2, -0.15) is 0 Å². The van der Waals surface area contributed by atoms with E-state index in [2.05, 4.69) is 37.3 Å². The van der Waals surface area contributed by atoms with Crippen LogP contribution in [-0.2, 0) is 5.41 Å². The molecule has 2 heterocycles. The first kappa shape index (κ1) is 14.1. The fourth-order valence-corrected chi connectivity index (χ4v) is 3.26. The van der Waals surface area contributed by atoms with E-state index in [0.717, 1.165) is 9.97 Å². The number of oxazole rings is 1. The van der Waals surface area contributed by atoms with Crippen LogP contribution in [0.15, 0.2) is 33.7 Å². The Kier molecular flexibility index (Phi) is 4.01. The average molecular weight is 295 g/mol. The van der Waals surface area contributed by atoms with Gasteiger partial charge in [-0.15, -0.1) is 6.58 Å². The molecule has 2 N–H and O–H groups in total. The second kappa shape index (κ2) is 5.38. The third-order valence-corrected chi connectivity index (χ3v) is 4.61. The molecule has 0 amide bonds. The number of aromatic nitrogens is 2. The van der Waals surface area contributed by atoms with Gasteiger partial charge in [-0.05, 0) is 0 Å². The molecule has 0 fully saturated rings. The molecule has 2 aromatic heterocycles. The monoisotopic (exact) mass is 295 g/mol. The van der Waals surface area contributed by atoms with Gasteiger partial charge >= 0.3 is 0 Å². The van der Waals surface area contributed by atoms with E-state index in [-0.39, 0.29) is 10.7 Å². The Morgan fingerprint density at radius 3 is 2.63 bits per heavy atom. The third kappa shape index (κ3) is 3.39. The second-order valence-corrected chi connectivity index (χ2v) is 7.61. The Hall–Kier alpha value is -1.27. The maximum absolute atomic E-state index is 5.83. The summed E-state index contributed by atoms with van der Waals surface area (Å²) < 4.78 is 6.86. The zero-order chi connectivity index (χ0) is 14.0. The summed E-state index contributed by atoms with van der Waals surface area (Å²) in [4.78, 5) is 8.38. The van der Waals surface area contributed by atoms with Gasteiger partial charge in [0.05, 0.1) is 16.6 Å². The molecule has 0 radical (unpaired) electrons. The molecule has 0 aromatic carbocycles. The number of nitrogens with zero attached hydrogens (tertiary/aromatic N) is 2. The number of nitrogen functional groups attached to an aromatic ring is 1. The van der Waals surface area contributed by atoms with Crippen molar-refractivity contribution in [1.29, 1.82) is 0 Å². The summed E-state index contributed by atoms with van der Waals surface area (Å²) in [5.74, 6) is 1.54. The lowest BCUT2D eigenvalue weighted by atomic mass is 9.94. The lowest BCUT2D eigenvalue weighted by Gasteiger charge is -2.13. The minimum atomic E-state index is -0.0451. The van der Waals surface area contributed by atoms with Crippen LogP contribution in [0.25, 0.3) is 0 Å². The van der Waals surface area contributed by atoms with Gasteiger partial charge in [-0.25, -0.2) is 9.97 Å². The van der Waals surface area contributed by atoms with Gasteiger partial charge in [0.1, 0.15) is 11.0 Å². The summed E-state index contributed by atoms with van der Waals surface area (Å²) in [6, 6.07) is 0. The number of anilines is 1. The van der Waals surface area contributed by atoms with Gasteiger partial charge in [0.25, 0.3) is 0 Å². The van der Waals surface area contributed by atoms with E-state index < -0.39 is 0 Å². The molecular weight excluding hydrogens is 278 g/mol. The van der Waals surface area contributed by atoms with Crippen molar-refractivity contribution < 1.29 is 4.42 Å². The number of hydrogen-bond donors (Lipinski definition) is 1. The Morgan fingerprint density at radius 2 is 2.16 bits per heavy atom. The van der Waals surface area contributed by atoms with E-state index in [1.165, 1.54) is 11.3 Å². The van der Waals surface area contributed by atoms with E-state index in [4.69, 9.17) is 10.2 Å². The lowest BCUT2D eigenvalue weighted by molar-refractivity contribution is 0.386. The van der Waals surface area contributed by atoms with Crippen LogP contribution in [0.2, 0.25) is 0 Å². The molecule has 1 atom stereocenters. The van der Waals surface area contributed by atoms with Crippen molar-refractivity contribution in [1.82, 2.24) is 9.97 Å². The van der Waals surface area contributed by atoms with Crippen molar-refractivity contribution in [3.8, 4) is 0 Å². The topological polar surface area (TPSA) is 64.9 Å². The summed E-state index contributed by atoms with van der Waals surface area (Å²) in [7, 11) is 0. The molecule has 0 aliphatic carbocycles. The summed E-state index contributed by atoms with van der Waals surface area (Å²) in [6.07, 6.45) is 5.36. The molecule has 0 aliphatic heterocycles. The van der Waals surface area contributed by atoms with Crippen LogP contribution < -0.4 is 5.73 Å². The van der Waals surface area contributed by atoms with Crippen LogP contribution in [0.5, 0.6) is 0 Å². The molecule has 1 unspecified atom stereocenters. The van der Waals surface area contributed by atoms with Crippen LogP contribution in [0, 0.1) is 0 Å². The highest BCUT2D eigenvalue weighted by Gasteiger charge is 2.22. The quantitative estimate of drug-likeness (QED) is 0.681. The minimum Gasteiger partial charge on any atom is -0.444 e. The third-order valence-electron chi connectivity index (χ3n) is 2.47. The number of thioether (sulfide) groups is 1. The van der Waals surface area contributed by atoms with E-state index in [9.17, 15) is 0 Å². The van der Waals surface area contributed by atoms with Crippen molar-refractivity contribution in [2.24, 2.45) is 0 Å². The van der Waals surface area contributed by atoms with Crippen LogP contribution >= 0.6 is 23.1 Å². The Bertz CT molecular complexity index is 568. The minimum absolute atomic E-state index is 0.0315. The van der Waals surface area contributed by atoms with Crippen molar-refractivity contribution >= 4 is 28.2 Å². The molecule has 19 heavy (non-hydrogen) atoms. The van der Waals surface area contributed by atoms with Crippen molar-refractivity contribution in [3.05, 3.63) is 36.7 Å². The van der Waals surface area contributed by atoms with Crippen molar-refractivity contribution in [2.75, 3.05) is 5.73 Å². The summed E-state index contributed by atoms with van der Waals surface area (Å²) in [6.45, 7) is 10.1. The van der Waals surface area contributed by atoms with Crippen molar-refractivity contribution in [3.63, 3.8) is 0 Å². The van der Waals surface area contributed by atoms with Gasteiger partial charge in [-0.1, -0.05) is 49.9 Å². The summed E-state index contributed by atoms with van der Waals surface area (Å²) in [5, 5.41) is 0.532. The predicted molar refractivity (Wildman–Crippen MR) is 80.5 cm³/mol. The zero-order valence-electron chi connectivity index (χ0n) is 11.2. The number of hydrogen-bond acceptors (Lipinski definition) is 6. The molecular formula is C13H17N3OS2. The number of rotatable bonds is 4. The van der Waals surface area contributed by atoms with E-state index >= 15 is 0 Å². The van der Waals surface area contributed by atoms with E-state index in [0.29, 0.717) is 11.0 Å². The van der Waals surface area contributed by atoms with Gasteiger partial charge in [0.15, 0.2) is 5.13 Å². The first-order valence-electron chi connectivity index (χ1n) is 5.87. The SMILES string of the molecule is C=CC(Sc1cnc(N)s1)c1ncc(C(C)(C)C)o1. The standard InChI is InChI=1S/C13H17N3OS2/c1-5-8(18-10-7-16-12(14)19-10)11-15-6-9(17-11)13(2,3)4/h5-8H,1H2,2-4H3,(H2,14,16). The molecule has 2 rings (SSSR count). The normalized spacial score (nSPS) is 13.4. The number of nitrogens with two attached hydrogens (primary N) is 1. The lowest BCUT2D eigenvalue weighted by Crippen LogP contribution is -2.09. The smallest absolute Gasteiger partial charge is 0.211 e. The Morgan fingerprint density at radius 1 is 1.42 bits per heavy atom. The van der Waals surface area contributed by atoms with Gasteiger partial charge < -0.3 is 10.2 Å². The second-order valence-electron chi connectivity index (χ2n) is 5.10. The predicted octanol–water partition coefficient (Wildman–Crippen LogP) is 4.03. The van der Waals surface area contributed by atoms with Crippen molar-refractivity contribution in [2.45, 2.75) is 35.6 Å².